The number of pyridine rings is 1. The summed E-state index contributed by atoms with van der Waals surface area (Å²) in [5, 5.41) is 13.7. The highest BCUT2D eigenvalue weighted by Crippen LogP contribution is 2.23. The first-order valence-electron chi connectivity index (χ1n) is 8.63. The fraction of sp³-hybridized carbons (Fsp3) is 0.238. The molecule has 2 unspecified atom stereocenters. The van der Waals surface area contributed by atoms with Crippen molar-refractivity contribution in [1.82, 2.24) is 4.57 Å². The zero-order valence-corrected chi connectivity index (χ0v) is 14.8. The normalized spacial score (nSPS) is 13.3. The smallest absolute Gasteiger partial charge is 0.258 e. The Morgan fingerprint density at radius 1 is 1.04 bits per heavy atom. The molecule has 3 aromatic rings. The third kappa shape index (κ3) is 3.68. The molecule has 0 aliphatic carbocycles. The molecule has 0 aliphatic rings. The van der Waals surface area contributed by atoms with Crippen LogP contribution in [-0.4, -0.2) is 21.7 Å². The van der Waals surface area contributed by atoms with Gasteiger partial charge in [-0.2, -0.15) is 0 Å². The van der Waals surface area contributed by atoms with Crippen molar-refractivity contribution in [2.45, 2.75) is 32.4 Å². The van der Waals surface area contributed by atoms with Crippen molar-refractivity contribution in [2.75, 3.05) is 5.32 Å². The van der Waals surface area contributed by atoms with Gasteiger partial charge in [-0.15, -0.1) is 0 Å². The number of nitrogens with zero attached hydrogens (tertiary/aromatic N) is 1. The highest BCUT2D eigenvalue weighted by atomic mass is 16.3. The van der Waals surface area contributed by atoms with Gasteiger partial charge in [0.25, 0.3) is 5.56 Å². The molecule has 26 heavy (non-hydrogen) atoms. The molecule has 2 atom stereocenters. The topological polar surface area (TPSA) is 71.3 Å². The number of hydrogen-bond donors (Lipinski definition) is 2. The summed E-state index contributed by atoms with van der Waals surface area (Å²) in [4.78, 5) is 25.2. The van der Waals surface area contributed by atoms with Gasteiger partial charge in [0, 0.05) is 22.7 Å². The molecular weight excluding hydrogens is 328 g/mol. The highest BCUT2D eigenvalue weighted by molar-refractivity contribution is 6.03. The molecule has 0 spiro atoms. The van der Waals surface area contributed by atoms with E-state index in [1.807, 2.05) is 37.3 Å². The molecular formula is C21H22N2O3. The van der Waals surface area contributed by atoms with E-state index in [1.54, 1.807) is 37.4 Å². The van der Waals surface area contributed by atoms with Gasteiger partial charge in [0.05, 0.1) is 18.6 Å². The minimum Gasteiger partial charge on any atom is -0.392 e. The number of aromatic nitrogens is 1. The van der Waals surface area contributed by atoms with Gasteiger partial charge >= 0.3 is 0 Å². The van der Waals surface area contributed by atoms with E-state index in [0.29, 0.717) is 16.5 Å². The largest absolute Gasteiger partial charge is 0.392 e. The second kappa shape index (κ2) is 7.54. The summed E-state index contributed by atoms with van der Waals surface area (Å²) in [7, 11) is 0. The van der Waals surface area contributed by atoms with Crippen LogP contribution >= 0.6 is 0 Å². The number of aliphatic hydroxyl groups excluding tert-OH is 1. The summed E-state index contributed by atoms with van der Waals surface area (Å²) in [5.74, 6) is -0.432. The second-order valence-electron chi connectivity index (χ2n) is 6.51. The molecule has 0 bridgehead atoms. The lowest BCUT2D eigenvalue weighted by molar-refractivity contribution is -0.117. The number of benzene rings is 2. The standard InChI is InChI=1S/C21H22N2O3/c1-14(24)13-23-12-11-17-18(21(23)26)9-6-10-19(17)22-20(25)15(2)16-7-4-3-5-8-16/h3-12,14-15,24H,13H2,1-2H3,(H,22,25). The first kappa shape index (κ1) is 17.9. The molecule has 0 saturated carbocycles. The second-order valence-corrected chi connectivity index (χ2v) is 6.51. The molecule has 2 aromatic carbocycles. The number of fused-ring (bicyclic) bond motifs is 1. The molecule has 134 valence electrons. The van der Waals surface area contributed by atoms with Crippen LogP contribution in [0.4, 0.5) is 5.69 Å². The van der Waals surface area contributed by atoms with E-state index >= 15 is 0 Å². The monoisotopic (exact) mass is 350 g/mol. The summed E-state index contributed by atoms with van der Waals surface area (Å²) < 4.78 is 1.48. The van der Waals surface area contributed by atoms with E-state index in [4.69, 9.17) is 0 Å². The van der Waals surface area contributed by atoms with E-state index in [-0.39, 0.29) is 23.9 Å². The predicted octanol–water partition coefficient (Wildman–Crippen LogP) is 3.12. The van der Waals surface area contributed by atoms with Gasteiger partial charge < -0.3 is 15.0 Å². The van der Waals surface area contributed by atoms with Crippen molar-refractivity contribution >= 4 is 22.4 Å². The SMILES string of the molecule is CC(O)Cn1ccc2c(NC(=O)C(C)c3ccccc3)cccc2c1=O. The Morgan fingerprint density at radius 2 is 1.77 bits per heavy atom. The van der Waals surface area contributed by atoms with Crippen LogP contribution in [0.25, 0.3) is 10.8 Å². The zero-order valence-electron chi connectivity index (χ0n) is 14.8. The average molecular weight is 350 g/mol. The van der Waals surface area contributed by atoms with E-state index in [2.05, 4.69) is 5.32 Å². The lowest BCUT2D eigenvalue weighted by atomic mass is 10.00. The van der Waals surface area contributed by atoms with E-state index in [1.165, 1.54) is 4.57 Å². The molecule has 0 aliphatic heterocycles. The Morgan fingerprint density at radius 3 is 2.46 bits per heavy atom. The van der Waals surface area contributed by atoms with Crippen molar-refractivity contribution in [3.05, 3.63) is 76.7 Å². The predicted molar refractivity (Wildman–Crippen MR) is 103 cm³/mol. The zero-order chi connectivity index (χ0) is 18.7. The number of rotatable bonds is 5. The van der Waals surface area contributed by atoms with Crippen LogP contribution in [0.15, 0.2) is 65.6 Å². The molecule has 0 fully saturated rings. The summed E-state index contributed by atoms with van der Waals surface area (Å²) in [6, 6.07) is 16.6. The van der Waals surface area contributed by atoms with Crippen LogP contribution in [0.5, 0.6) is 0 Å². The van der Waals surface area contributed by atoms with Crippen molar-refractivity contribution in [1.29, 1.82) is 0 Å². The van der Waals surface area contributed by atoms with Gasteiger partial charge in [0.15, 0.2) is 0 Å². The van der Waals surface area contributed by atoms with Gasteiger partial charge in [0.1, 0.15) is 0 Å². The van der Waals surface area contributed by atoms with Crippen LogP contribution in [0.2, 0.25) is 0 Å². The highest BCUT2D eigenvalue weighted by Gasteiger charge is 2.16. The van der Waals surface area contributed by atoms with Gasteiger partial charge in [0.2, 0.25) is 5.91 Å². The van der Waals surface area contributed by atoms with Gasteiger partial charge in [-0.1, -0.05) is 36.4 Å². The van der Waals surface area contributed by atoms with Crippen LogP contribution in [0.1, 0.15) is 25.3 Å². The first-order valence-corrected chi connectivity index (χ1v) is 8.63. The molecule has 1 amide bonds. The molecule has 5 nitrogen and oxygen atoms in total. The van der Waals surface area contributed by atoms with E-state index in [0.717, 1.165) is 5.56 Å². The maximum atomic E-state index is 12.6. The number of nitrogens with one attached hydrogen (secondary N) is 1. The molecule has 5 heteroatoms. The van der Waals surface area contributed by atoms with Crippen LogP contribution in [0.3, 0.4) is 0 Å². The number of carbonyl (C=O) groups excluding carboxylic acids is 1. The van der Waals surface area contributed by atoms with Crippen molar-refractivity contribution < 1.29 is 9.90 Å². The number of hydrogen-bond acceptors (Lipinski definition) is 3. The minimum atomic E-state index is -0.611. The van der Waals surface area contributed by atoms with E-state index in [9.17, 15) is 14.7 Å². The van der Waals surface area contributed by atoms with Gasteiger partial charge in [-0.05, 0) is 37.6 Å². The Hall–Kier alpha value is -2.92. The molecule has 3 rings (SSSR count). The van der Waals surface area contributed by atoms with Crippen molar-refractivity contribution in [2.24, 2.45) is 0 Å². The Kier molecular flexibility index (Phi) is 5.19. The van der Waals surface area contributed by atoms with Crippen LogP contribution < -0.4 is 10.9 Å². The Bertz CT molecular complexity index is 977. The fourth-order valence-corrected chi connectivity index (χ4v) is 2.99. The average Bonchev–Trinajstić information content (AvgIpc) is 2.64. The van der Waals surface area contributed by atoms with Crippen molar-refractivity contribution in [3.63, 3.8) is 0 Å². The van der Waals surface area contributed by atoms with Crippen LogP contribution in [0, 0.1) is 0 Å². The Labute approximate surface area is 151 Å². The summed E-state index contributed by atoms with van der Waals surface area (Å²) in [6.45, 7) is 3.72. The number of aliphatic hydroxyl groups is 1. The first-order chi connectivity index (χ1) is 12.5. The quantitative estimate of drug-likeness (QED) is 0.743. The lowest BCUT2D eigenvalue weighted by Gasteiger charge is -2.15. The van der Waals surface area contributed by atoms with Crippen molar-refractivity contribution in [3.8, 4) is 0 Å². The lowest BCUT2D eigenvalue weighted by Crippen LogP contribution is -2.25. The molecule has 1 heterocycles. The minimum absolute atomic E-state index is 0.128. The molecule has 0 radical (unpaired) electrons. The summed E-state index contributed by atoms with van der Waals surface area (Å²) >= 11 is 0. The maximum absolute atomic E-state index is 12.6. The number of carbonyl (C=O) groups is 1. The van der Waals surface area contributed by atoms with E-state index < -0.39 is 6.10 Å². The third-order valence-corrected chi connectivity index (χ3v) is 4.43. The number of amides is 1. The van der Waals surface area contributed by atoms with Gasteiger partial charge in [-0.25, -0.2) is 0 Å². The third-order valence-electron chi connectivity index (χ3n) is 4.43. The maximum Gasteiger partial charge on any atom is 0.258 e. The molecule has 1 aromatic heterocycles. The number of anilines is 1. The van der Waals surface area contributed by atoms with Gasteiger partial charge in [-0.3, -0.25) is 9.59 Å². The molecule has 2 N–H and O–H groups in total. The Balaban J connectivity index is 1.92. The summed E-state index contributed by atoms with van der Waals surface area (Å²) in [5.41, 5.74) is 1.36. The molecule has 0 saturated heterocycles. The van der Waals surface area contributed by atoms with Crippen LogP contribution in [-0.2, 0) is 11.3 Å². The summed E-state index contributed by atoms with van der Waals surface area (Å²) in [6.07, 6.45) is 1.04. The fourth-order valence-electron chi connectivity index (χ4n) is 2.99.